The minimum Gasteiger partial charge on any atom is -0.333 e. The summed E-state index contributed by atoms with van der Waals surface area (Å²) in [6.07, 6.45) is 2.89. The van der Waals surface area contributed by atoms with Crippen molar-refractivity contribution in [1.82, 2.24) is 20.4 Å². The molecule has 0 bridgehead atoms. The highest BCUT2D eigenvalue weighted by Gasteiger charge is 2.31. The van der Waals surface area contributed by atoms with Crippen molar-refractivity contribution >= 4 is 11.8 Å². The van der Waals surface area contributed by atoms with Gasteiger partial charge in [0.25, 0.3) is 0 Å². The van der Waals surface area contributed by atoms with Gasteiger partial charge < -0.3 is 10.6 Å². The van der Waals surface area contributed by atoms with Crippen LogP contribution in [0.25, 0.3) is 5.69 Å². The number of nitrogens with one attached hydrogen (secondary N) is 3. The van der Waals surface area contributed by atoms with E-state index in [0.29, 0.717) is 13.1 Å². The third-order valence-electron chi connectivity index (χ3n) is 5.95. The van der Waals surface area contributed by atoms with Crippen LogP contribution in [0.2, 0.25) is 0 Å². The molecule has 3 aromatic rings. The van der Waals surface area contributed by atoms with Gasteiger partial charge in [-0.05, 0) is 49.1 Å². The highest BCUT2D eigenvalue weighted by molar-refractivity contribution is 5.90. The van der Waals surface area contributed by atoms with Crippen molar-refractivity contribution in [2.24, 2.45) is 0 Å². The summed E-state index contributed by atoms with van der Waals surface area (Å²) in [6, 6.07) is 16.0. The fourth-order valence-electron chi connectivity index (χ4n) is 4.51. The van der Waals surface area contributed by atoms with Gasteiger partial charge in [-0.15, -0.1) is 0 Å². The average Bonchev–Trinajstić information content (AvgIpc) is 3.46. The van der Waals surface area contributed by atoms with E-state index in [1.807, 2.05) is 41.1 Å². The molecule has 1 aliphatic heterocycles. The highest BCUT2D eigenvalue weighted by atomic mass is 19.1. The average molecular weight is 405 g/mol. The Hall–Kier alpha value is -3.19. The van der Waals surface area contributed by atoms with Gasteiger partial charge in [-0.2, -0.15) is 5.10 Å². The maximum absolute atomic E-state index is 13.7. The molecule has 7 heteroatoms. The number of amides is 2. The van der Waals surface area contributed by atoms with Crippen LogP contribution in [0.15, 0.2) is 54.6 Å². The van der Waals surface area contributed by atoms with Crippen LogP contribution in [-0.4, -0.2) is 34.9 Å². The third kappa shape index (κ3) is 3.57. The monoisotopic (exact) mass is 405 g/mol. The number of urea groups is 1. The van der Waals surface area contributed by atoms with Gasteiger partial charge in [-0.25, -0.2) is 13.9 Å². The summed E-state index contributed by atoms with van der Waals surface area (Å²) in [6.45, 7) is 1.34. The summed E-state index contributed by atoms with van der Waals surface area (Å²) in [5.74, 6) is 0.501. The van der Waals surface area contributed by atoms with Gasteiger partial charge >= 0.3 is 6.03 Å². The number of aromatic nitrogens is 2. The molecule has 6 nitrogen and oxygen atoms in total. The molecule has 3 N–H and O–H groups in total. The van der Waals surface area contributed by atoms with Crippen LogP contribution in [0.1, 0.15) is 29.2 Å². The molecule has 0 saturated carbocycles. The summed E-state index contributed by atoms with van der Waals surface area (Å²) in [5, 5.41) is 14.2. The lowest BCUT2D eigenvalue weighted by Gasteiger charge is -2.21. The van der Waals surface area contributed by atoms with Crippen LogP contribution >= 0.6 is 0 Å². The van der Waals surface area contributed by atoms with E-state index in [4.69, 9.17) is 5.10 Å². The molecule has 1 saturated heterocycles. The Morgan fingerprint density at radius 1 is 1.10 bits per heavy atom. The van der Waals surface area contributed by atoms with E-state index >= 15 is 0 Å². The van der Waals surface area contributed by atoms with Crippen molar-refractivity contribution in [2.45, 2.75) is 31.2 Å². The van der Waals surface area contributed by atoms with E-state index in [9.17, 15) is 9.18 Å². The Kier molecular flexibility index (Phi) is 4.96. The molecule has 1 aliphatic carbocycles. The zero-order chi connectivity index (χ0) is 20.5. The number of carbonyl (C=O) groups excluding carboxylic acids is 1. The molecule has 1 aromatic heterocycles. The second kappa shape index (κ2) is 7.91. The van der Waals surface area contributed by atoms with Gasteiger partial charge in [0, 0.05) is 24.6 Å². The Balaban J connectivity index is 1.36. The Morgan fingerprint density at radius 3 is 2.80 bits per heavy atom. The number of benzene rings is 2. The van der Waals surface area contributed by atoms with E-state index in [1.54, 1.807) is 12.1 Å². The summed E-state index contributed by atoms with van der Waals surface area (Å²) in [5.41, 5.74) is 3.97. The zero-order valence-corrected chi connectivity index (χ0v) is 16.6. The zero-order valence-electron chi connectivity index (χ0n) is 16.6. The van der Waals surface area contributed by atoms with Crippen molar-refractivity contribution in [3.8, 4) is 5.69 Å². The molecule has 2 heterocycles. The lowest BCUT2D eigenvalue weighted by molar-refractivity contribution is 0.248. The molecule has 2 amide bonds. The van der Waals surface area contributed by atoms with Crippen molar-refractivity contribution < 1.29 is 9.18 Å². The normalized spacial score (nSPS) is 20.2. The van der Waals surface area contributed by atoms with Gasteiger partial charge in [0.2, 0.25) is 0 Å². The first-order valence-corrected chi connectivity index (χ1v) is 10.4. The second-order valence-corrected chi connectivity index (χ2v) is 7.90. The molecule has 1 fully saturated rings. The second-order valence-electron chi connectivity index (χ2n) is 7.90. The number of nitrogens with zero attached hydrogens (tertiary/aromatic N) is 2. The van der Waals surface area contributed by atoms with Crippen molar-refractivity contribution in [3.05, 3.63) is 77.2 Å². The minimum atomic E-state index is -0.267. The van der Waals surface area contributed by atoms with E-state index in [0.717, 1.165) is 47.6 Å². The summed E-state index contributed by atoms with van der Waals surface area (Å²) < 4.78 is 15.5. The fourth-order valence-corrected chi connectivity index (χ4v) is 4.51. The first-order valence-electron chi connectivity index (χ1n) is 10.4. The number of hydrogen-bond acceptors (Lipinski definition) is 3. The Bertz CT molecular complexity index is 1060. The van der Waals surface area contributed by atoms with Crippen LogP contribution in [0.3, 0.4) is 0 Å². The van der Waals surface area contributed by atoms with E-state index in [1.165, 1.54) is 6.07 Å². The number of anilines is 1. The molecule has 2 aliphatic rings. The van der Waals surface area contributed by atoms with Crippen molar-refractivity contribution in [1.29, 1.82) is 0 Å². The van der Waals surface area contributed by atoms with Crippen molar-refractivity contribution in [2.75, 3.05) is 18.4 Å². The molecule has 0 unspecified atom stereocenters. The molecule has 2 atom stereocenters. The van der Waals surface area contributed by atoms with E-state index in [2.05, 4.69) is 16.0 Å². The molecular weight excluding hydrogens is 381 g/mol. The minimum absolute atomic E-state index is 0.0243. The number of hydrogen-bond donors (Lipinski definition) is 3. The Labute approximate surface area is 174 Å². The van der Waals surface area contributed by atoms with Gasteiger partial charge in [-0.3, -0.25) is 5.32 Å². The quantitative estimate of drug-likeness (QED) is 0.623. The predicted octanol–water partition coefficient (Wildman–Crippen LogP) is 3.38. The lowest BCUT2D eigenvalue weighted by atomic mass is 9.94. The number of halogens is 1. The number of carbonyl (C=O) groups is 1. The van der Waals surface area contributed by atoms with Crippen LogP contribution < -0.4 is 16.0 Å². The van der Waals surface area contributed by atoms with Gasteiger partial charge in [0.15, 0.2) is 0 Å². The number of rotatable bonds is 4. The first-order chi connectivity index (χ1) is 14.7. The highest BCUT2D eigenvalue weighted by Crippen LogP contribution is 2.31. The van der Waals surface area contributed by atoms with Gasteiger partial charge in [0.1, 0.15) is 11.6 Å². The number of aryl methyl sites for hydroxylation is 1. The smallest absolute Gasteiger partial charge is 0.320 e. The lowest BCUT2D eigenvalue weighted by Crippen LogP contribution is -2.42. The number of fused-ring (bicyclic) bond motifs is 1. The SMILES string of the molecule is O=C(Nc1c2c(nn1-c1ccccc1)CCC2)N[C@H]1CNC[C@@H]1c1cccc(F)c1. The molecule has 2 aromatic carbocycles. The first kappa shape index (κ1) is 18.8. The number of para-hydroxylation sites is 1. The van der Waals surface area contributed by atoms with Crippen LogP contribution in [0.5, 0.6) is 0 Å². The predicted molar refractivity (Wildman–Crippen MR) is 114 cm³/mol. The summed E-state index contributed by atoms with van der Waals surface area (Å²) in [7, 11) is 0. The maximum Gasteiger partial charge on any atom is 0.320 e. The molecule has 30 heavy (non-hydrogen) atoms. The van der Waals surface area contributed by atoms with Crippen LogP contribution in [-0.2, 0) is 12.8 Å². The standard InChI is InChI=1S/C23H24FN5O/c24-16-7-4-6-15(12-16)19-13-25-14-21(19)26-23(30)27-22-18-10-5-11-20(18)28-29(22)17-8-2-1-3-9-17/h1-4,6-9,12,19,21,25H,5,10-11,13-14H2,(H2,26,27,30)/t19-,21+/m1/s1. The van der Waals surface area contributed by atoms with Crippen LogP contribution in [0.4, 0.5) is 15.0 Å². The topological polar surface area (TPSA) is 71.0 Å². The van der Waals surface area contributed by atoms with Crippen molar-refractivity contribution in [3.63, 3.8) is 0 Å². The fraction of sp³-hybridized carbons (Fsp3) is 0.304. The largest absolute Gasteiger partial charge is 0.333 e. The molecule has 154 valence electrons. The molecule has 5 rings (SSSR count). The van der Waals surface area contributed by atoms with Crippen LogP contribution in [0, 0.1) is 5.82 Å². The summed E-state index contributed by atoms with van der Waals surface area (Å²) >= 11 is 0. The van der Waals surface area contributed by atoms with E-state index in [-0.39, 0.29) is 23.8 Å². The Morgan fingerprint density at radius 2 is 1.97 bits per heavy atom. The maximum atomic E-state index is 13.7. The van der Waals surface area contributed by atoms with E-state index < -0.39 is 0 Å². The van der Waals surface area contributed by atoms with Gasteiger partial charge in [-0.1, -0.05) is 30.3 Å². The molecular formula is C23H24FN5O. The molecule has 0 spiro atoms. The van der Waals surface area contributed by atoms with Gasteiger partial charge in [0.05, 0.1) is 17.4 Å². The third-order valence-corrected chi connectivity index (χ3v) is 5.95. The summed E-state index contributed by atoms with van der Waals surface area (Å²) in [4.78, 5) is 12.9. The molecule has 0 radical (unpaired) electrons.